The van der Waals surface area contributed by atoms with Crippen molar-refractivity contribution in [3.8, 4) is 5.75 Å². The van der Waals surface area contributed by atoms with Gasteiger partial charge in [0, 0.05) is 0 Å². The Bertz CT molecular complexity index is 688. The number of hydrogen-bond donors (Lipinski definition) is 0. The summed E-state index contributed by atoms with van der Waals surface area (Å²) in [7, 11) is 1.56. The number of esters is 1. The summed E-state index contributed by atoms with van der Waals surface area (Å²) in [5.41, 5.74) is 0.735. The summed E-state index contributed by atoms with van der Waals surface area (Å²) in [5, 5.41) is -0.484. The molecule has 0 radical (unpaired) electrons. The minimum Gasteiger partial charge on any atom is -0.496 e. The Hall–Kier alpha value is -1.80. The first kappa shape index (κ1) is 17.6. The molecule has 0 spiro atoms. The van der Waals surface area contributed by atoms with Crippen molar-refractivity contribution in [2.24, 2.45) is 0 Å². The second-order valence-corrected chi connectivity index (χ2v) is 6.31. The van der Waals surface area contributed by atoms with Crippen LogP contribution in [0.3, 0.4) is 0 Å². The summed E-state index contributed by atoms with van der Waals surface area (Å²) in [6.45, 7) is 1.49. The van der Waals surface area contributed by atoms with Crippen molar-refractivity contribution in [2.75, 3.05) is 20.3 Å². The Balaban J connectivity index is 2.18. The molecule has 1 fully saturated rings. The molecular weight excluding hydrogens is 386 g/mol. The number of methoxy groups -OCH3 is 1. The standard InChI is InChI=1S/C15H14BrNO5S/c1-3-22-13(18)8-17-14(19)12(23-15(17)20)7-9-4-5-11(21-2)10(16)6-9/h4-7H,3,8H2,1-2H3. The lowest BCUT2D eigenvalue weighted by Crippen LogP contribution is -2.34. The Morgan fingerprint density at radius 1 is 1.39 bits per heavy atom. The van der Waals surface area contributed by atoms with Gasteiger partial charge < -0.3 is 9.47 Å². The van der Waals surface area contributed by atoms with E-state index in [1.807, 2.05) is 0 Å². The number of rotatable bonds is 5. The number of imide groups is 1. The van der Waals surface area contributed by atoms with E-state index < -0.39 is 17.1 Å². The topological polar surface area (TPSA) is 72.9 Å². The highest BCUT2D eigenvalue weighted by Gasteiger charge is 2.36. The van der Waals surface area contributed by atoms with E-state index in [2.05, 4.69) is 15.9 Å². The van der Waals surface area contributed by atoms with Crippen LogP contribution in [-0.2, 0) is 14.3 Å². The zero-order valence-electron chi connectivity index (χ0n) is 12.5. The van der Waals surface area contributed by atoms with Crippen molar-refractivity contribution in [3.05, 3.63) is 33.1 Å². The molecule has 0 aromatic heterocycles. The van der Waals surface area contributed by atoms with Crippen LogP contribution in [0.1, 0.15) is 12.5 Å². The summed E-state index contributed by atoms with van der Waals surface area (Å²) >= 11 is 4.16. The van der Waals surface area contributed by atoms with Gasteiger partial charge in [-0.25, -0.2) is 0 Å². The van der Waals surface area contributed by atoms with Crippen molar-refractivity contribution in [1.82, 2.24) is 4.90 Å². The maximum atomic E-state index is 12.2. The molecule has 1 saturated heterocycles. The zero-order chi connectivity index (χ0) is 17.0. The van der Waals surface area contributed by atoms with E-state index in [1.165, 1.54) is 0 Å². The number of thioether (sulfide) groups is 1. The Kier molecular flexibility index (Phi) is 5.84. The van der Waals surface area contributed by atoms with Crippen LogP contribution in [0.5, 0.6) is 5.75 Å². The third kappa shape index (κ3) is 4.14. The Labute approximate surface area is 145 Å². The van der Waals surface area contributed by atoms with Gasteiger partial charge in [0.05, 0.1) is 23.1 Å². The maximum absolute atomic E-state index is 12.2. The molecule has 6 nitrogen and oxygen atoms in total. The molecule has 0 N–H and O–H groups in total. The van der Waals surface area contributed by atoms with Gasteiger partial charge in [-0.05, 0) is 58.4 Å². The number of nitrogens with zero attached hydrogens (tertiary/aromatic N) is 1. The molecule has 1 aromatic carbocycles. The quantitative estimate of drug-likeness (QED) is 0.559. The van der Waals surface area contributed by atoms with E-state index >= 15 is 0 Å². The van der Waals surface area contributed by atoms with Crippen LogP contribution in [0.4, 0.5) is 4.79 Å². The van der Waals surface area contributed by atoms with Crippen LogP contribution < -0.4 is 4.74 Å². The smallest absolute Gasteiger partial charge is 0.326 e. The molecule has 1 heterocycles. The lowest BCUT2D eigenvalue weighted by molar-refractivity contribution is -0.145. The second kappa shape index (κ2) is 7.65. The molecule has 0 unspecified atom stereocenters. The molecule has 2 rings (SSSR count). The number of amides is 2. The summed E-state index contributed by atoms with van der Waals surface area (Å²) < 4.78 is 10.6. The molecule has 0 saturated carbocycles. The highest BCUT2D eigenvalue weighted by molar-refractivity contribution is 9.10. The van der Waals surface area contributed by atoms with E-state index in [4.69, 9.17) is 9.47 Å². The van der Waals surface area contributed by atoms with Crippen molar-refractivity contribution in [3.63, 3.8) is 0 Å². The van der Waals surface area contributed by atoms with E-state index in [9.17, 15) is 14.4 Å². The molecule has 0 atom stereocenters. The van der Waals surface area contributed by atoms with Crippen LogP contribution in [-0.4, -0.2) is 42.3 Å². The van der Waals surface area contributed by atoms with Gasteiger partial charge >= 0.3 is 5.97 Å². The summed E-state index contributed by atoms with van der Waals surface area (Å²) in [4.78, 5) is 36.7. The van der Waals surface area contributed by atoms with Crippen LogP contribution in [0, 0.1) is 0 Å². The summed E-state index contributed by atoms with van der Waals surface area (Å²) in [5.74, 6) is -0.444. The SMILES string of the molecule is CCOC(=O)CN1C(=O)SC(=Cc2ccc(OC)c(Br)c2)C1=O. The molecule has 8 heteroatoms. The molecule has 1 aliphatic heterocycles. The predicted molar refractivity (Wildman–Crippen MR) is 90.0 cm³/mol. The van der Waals surface area contributed by atoms with Crippen molar-refractivity contribution in [1.29, 1.82) is 0 Å². The number of hydrogen-bond acceptors (Lipinski definition) is 6. The third-order valence-electron chi connectivity index (χ3n) is 2.94. The van der Waals surface area contributed by atoms with Gasteiger partial charge in [0.2, 0.25) is 0 Å². The van der Waals surface area contributed by atoms with E-state index in [0.717, 1.165) is 26.7 Å². The van der Waals surface area contributed by atoms with Crippen LogP contribution >= 0.6 is 27.7 Å². The first-order valence-corrected chi connectivity index (χ1v) is 8.31. The van der Waals surface area contributed by atoms with Crippen LogP contribution in [0.2, 0.25) is 0 Å². The number of carbonyl (C=O) groups excluding carboxylic acids is 3. The van der Waals surface area contributed by atoms with Crippen LogP contribution in [0.25, 0.3) is 6.08 Å². The first-order chi connectivity index (χ1) is 11.0. The molecular formula is C15H14BrNO5S. The zero-order valence-corrected chi connectivity index (χ0v) is 14.9. The van der Waals surface area contributed by atoms with Gasteiger partial charge in [-0.15, -0.1) is 0 Å². The minimum absolute atomic E-state index is 0.199. The fourth-order valence-electron chi connectivity index (χ4n) is 1.90. The van der Waals surface area contributed by atoms with Crippen molar-refractivity contribution in [2.45, 2.75) is 6.92 Å². The average molecular weight is 400 g/mol. The lowest BCUT2D eigenvalue weighted by Gasteiger charge is -2.10. The van der Waals surface area contributed by atoms with Crippen LogP contribution in [0.15, 0.2) is 27.6 Å². The minimum atomic E-state index is -0.608. The average Bonchev–Trinajstić information content (AvgIpc) is 2.75. The number of benzene rings is 1. The molecule has 0 bridgehead atoms. The summed E-state index contributed by atoms with van der Waals surface area (Å²) in [6.07, 6.45) is 1.60. The second-order valence-electron chi connectivity index (χ2n) is 4.47. The Morgan fingerprint density at radius 2 is 2.13 bits per heavy atom. The highest BCUT2D eigenvalue weighted by atomic mass is 79.9. The third-order valence-corrected chi connectivity index (χ3v) is 4.47. The molecule has 0 aliphatic carbocycles. The number of carbonyl (C=O) groups is 3. The number of ether oxygens (including phenoxy) is 2. The fraction of sp³-hybridized carbons (Fsp3) is 0.267. The van der Waals surface area contributed by atoms with E-state index in [1.54, 1.807) is 38.3 Å². The van der Waals surface area contributed by atoms with Crippen molar-refractivity contribution < 1.29 is 23.9 Å². The first-order valence-electron chi connectivity index (χ1n) is 6.70. The maximum Gasteiger partial charge on any atom is 0.326 e. The van der Waals surface area contributed by atoms with Crippen molar-refractivity contribution >= 4 is 50.9 Å². The van der Waals surface area contributed by atoms with Gasteiger partial charge in [0.25, 0.3) is 11.1 Å². The van der Waals surface area contributed by atoms with Gasteiger partial charge in [-0.1, -0.05) is 6.07 Å². The fourth-order valence-corrected chi connectivity index (χ4v) is 3.29. The largest absolute Gasteiger partial charge is 0.496 e. The van der Waals surface area contributed by atoms with Gasteiger partial charge in [-0.3, -0.25) is 19.3 Å². The van der Waals surface area contributed by atoms with Gasteiger partial charge in [0.15, 0.2) is 0 Å². The normalized spacial score (nSPS) is 16.1. The van der Waals surface area contributed by atoms with E-state index in [-0.39, 0.29) is 18.1 Å². The molecule has 122 valence electrons. The molecule has 2 amide bonds. The van der Waals surface area contributed by atoms with E-state index in [0.29, 0.717) is 5.75 Å². The highest BCUT2D eigenvalue weighted by Crippen LogP contribution is 2.33. The lowest BCUT2D eigenvalue weighted by atomic mass is 10.2. The van der Waals surface area contributed by atoms with Gasteiger partial charge in [0.1, 0.15) is 12.3 Å². The Morgan fingerprint density at radius 3 is 2.74 bits per heavy atom. The summed E-state index contributed by atoms with van der Waals surface area (Å²) in [6, 6.07) is 5.29. The predicted octanol–water partition coefficient (Wildman–Crippen LogP) is 3.06. The van der Waals surface area contributed by atoms with Gasteiger partial charge in [-0.2, -0.15) is 0 Å². The molecule has 23 heavy (non-hydrogen) atoms. The number of halogens is 1. The molecule has 1 aliphatic rings. The monoisotopic (exact) mass is 399 g/mol. The molecule has 1 aromatic rings.